The largest absolute Gasteiger partial charge is 0.276 e. The van der Waals surface area contributed by atoms with Crippen LogP contribution >= 0.6 is 15.9 Å². The highest BCUT2D eigenvalue weighted by Gasteiger charge is 2.15. The lowest BCUT2D eigenvalue weighted by atomic mass is 9.97. The molecule has 4 nitrogen and oxygen atoms in total. The number of sulfonamides is 1. The van der Waals surface area contributed by atoms with E-state index >= 15 is 0 Å². The van der Waals surface area contributed by atoms with Gasteiger partial charge in [-0.1, -0.05) is 57.9 Å². The average molecular weight is 431 g/mol. The van der Waals surface area contributed by atoms with Crippen LogP contribution in [0.25, 0.3) is 6.08 Å². The summed E-state index contributed by atoms with van der Waals surface area (Å²) >= 11 is 3.42. The van der Waals surface area contributed by atoms with Gasteiger partial charge in [0.15, 0.2) is 0 Å². The molecule has 2 aromatic carbocycles. The van der Waals surface area contributed by atoms with Crippen LogP contribution in [0.5, 0.6) is 0 Å². The van der Waals surface area contributed by atoms with Crippen molar-refractivity contribution in [3.05, 3.63) is 81.9 Å². The van der Waals surface area contributed by atoms with Crippen LogP contribution < -0.4 is 4.83 Å². The first-order chi connectivity index (χ1) is 12.4. The molecule has 1 N–H and O–H groups in total. The first-order valence-corrected chi connectivity index (χ1v) is 10.5. The van der Waals surface area contributed by atoms with Gasteiger partial charge in [-0.15, -0.1) is 0 Å². The van der Waals surface area contributed by atoms with Gasteiger partial charge in [-0.25, -0.2) is 0 Å². The Bertz CT molecular complexity index is 973. The molecule has 0 unspecified atom stereocenters. The summed E-state index contributed by atoms with van der Waals surface area (Å²) in [6.45, 7) is 1.91. The van der Waals surface area contributed by atoms with Crippen LogP contribution in [0.3, 0.4) is 0 Å². The molecule has 26 heavy (non-hydrogen) atoms. The molecule has 0 saturated carbocycles. The topological polar surface area (TPSA) is 58.5 Å². The molecule has 6 heteroatoms. The molecule has 0 radical (unpaired) electrons. The standard InChI is InChI=1S/C20H19BrN2O2S/c1-15-6-12-19(13-7-15)26(24,25)23-22-20-5-3-2-4-17(20)14-16-8-10-18(21)11-9-16/h2,4,6-14,23H,3,5H2,1H3/b17-14+,22-20+. The van der Waals surface area contributed by atoms with Gasteiger partial charge in [-0.3, -0.25) is 0 Å². The molecule has 0 aliphatic heterocycles. The Kier molecular flexibility index (Phi) is 5.74. The Morgan fingerprint density at radius 3 is 2.46 bits per heavy atom. The zero-order valence-corrected chi connectivity index (χ0v) is 16.7. The first-order valence-electron chi connectivity index (χ1n) is 8.23. The summed E-state index contributed by atoms with van der Waals surface area (Å²) in [5.41, 5.74) is 3.67. The van der Waals surface area contributed by atoms with Gasteiger partial charge in [0.25, 0.3) is 10.0 Å². The molecule has 134 valence electrons. The smallest absolute Gasteiger partial charge is 0.200 e. The van der Waals surface area contributed by atoms with Crippen LogP contribution in [-0.2, 0) is 10.0 Å². The molecule has 0 heterocycles. The monoisotopic (exact) mass is 430 g/mol. The van der Waals surface area contributed by atoms with Gasteiger partial charge in [0.05, 0.1) is 10.6 Å². The van der Waals surface area contributed by atoms with E-state index in [4.69, 9.17) is 0 Å². The summed E-state index contributed by atoms with van der Waals surface area (Å²) in [7, 11) is -3.67. The molecular weight excluding hydrogens is 412 g/mol. The maximum atomic E-state index is 12.4. The summed E-state index contributed by atoms with van der Waals surface area (Å²) in [5.74, 6) is 0. The van der Waals surface area contributed by atoms with Gasteiger partial charge in [-0.2, -0.15) is 18.4 Å². The number of allylic oxidation sites excluding steroid dienone is 3. The minimum atomic E-state index is -3.67. The van der Waals surface area contributed by atoms with Crippen LogP contribution in [0.15, 0.2) is 80.7 Å². The Labute approximate surface area is 162 Å². The highest BCUT2D eigenvalue weighted by Crippen LogP contribution is 2.19. The molecule has 1 aliphatic rings. The van der Waals surface area contributed by atoms with Crippen LogP contribution in [0.2, 0.25) is 0 Å². The Morgan fingerprint density at radius 2 is 1.77 bits per heavy atom. The number of nitrogens with one attached hydrogen (secondary N) is 1. The van der Waals surface area contributed by atoms with Crippen molar-refractivity contribution >= 4 is 37.7 Å². The van der Waals surface area contributed by atoms with E-state index in [1.807, 2.05) is 43.3 Å². The number of hydrogen-bond donors (Lipinski definition) is 1. The fourth-order valence-corrected chi connectivity index (χ4v) is 3.64. The summed E-state index contributed by atoms with van der Waals surface area (Å²) < 4.78 is 25.9. The Balaban J connectivity index is 1.85. The number of hydrogen-bond acceptors (Lipinski definition) is 3. The maximum absolute atomic E-state index is 12.4. The number of halogens is 1. The zero-order chi connectivity index (χ0) is 18.6. The third-order valence-corrected chi connectivity index (χ3v) is 5.76. The van der Waals surface area contributed by atoms with Crippen molar-refractivity contribution in [2.75, 3.05) is 0 Å². The van der Waals surface area contributed by atoms with Crippen molar-refractivity contribution in [1.82, 2.24) is 4.83 Å². The number of nitrogens with zero attached hydrogens (tertiary/aromatic N) is 1. The van der Waals surface area contributed by atoms with Crippen molar-refractivity contribution in [2.45, 2.75) is 24.7 Å². The van der Waals surface area contributed by atoms with Gasteiger partial charge < -0.3 is 0 Å². The van der Waals surface area contributed by atoms with Crippen molar-refractivity contribution in [1.29, 1.82) is 0 Å². The molecule has 0 atom stereocenters. The molecule has 0 spiro atoms. The second kappa shape index (κ2) is 8.01. The van der Waals surface area contributed by atoms with E-state index in [2.05, 4.69) is 31.9 Å². The van der Waals surface area contributed by atoms with Gasteiger partial charge in [-0.05, 0) is 61.2 Å². The Hall–Kier alpha value is -2.18. The predicted octanol–water partition coefficient (Wildman–Crippen LogP) is 4.83. The van der Waals surface area contributed by atoms with E-state index in [1.54, 1.807) is 24.3 Å². The minimum Gasteiger partial charge on any atom is -0.200 e. The molecule has 0 bridgehead atoms. The van der Waals surface area contributed by atoms with Crippen molar-refractivity contribution < 1.29 is 8.42 Å². The molecule has 3 rings (SSSR count). The van der Waals surface area contributed by atoms with Crippen molar-refractivity contribution in [3.63, 3.8) is 0 Å². The molecule has 0 amide bonds. The van der Waals surface area contributed by atoms with Gasteiger partial charge in [0.2, 0.25) is 0 Å². The lowest BCUT2D eigenvalue weighted by Gasteiger charge is -2.13. The van der Waals surface area contributed by atoms with E-state index in [1.165, 1.54) is 0 Å². The van der Waals surface area contributed by atoms with Gasteiger partial charge in [0.1, 0.15) is 0 Å². The maximum Gasteiger partial charge on any atom is 0.276 e. The van der Waals surface area contributed by atoms with E-state index in [0.717, 1.165) is 33.3 Å². The lowest BCUT2D eigenvalue weighted by molar-refractivity contribution is 0.584. The van der Waals surface area contributed by atoms with E-state index in [-0.39, 0.29) is 4.90 Å². The normalized spacial score (nSPS) is 17.6. The highest BCUT2D eigenvalue weighted by atomic mass is 79.9. The van der Waals surface area contributed by atoms with Crippen LogP contribution in [0.4, 0.5) is 0 Å². The molecule has 2 aromatic rings. The third kappa shape index (κ3) is 4.71. The van der Waals surface area contributed by atoms with Crippen LogP contribution in [0.1, 0.15) is 24.0 Å². The lowest BCUT2D eigenvalue weighted by Crippen LogP contribution is -2.21. The molecule has 0 aromatic heterocycles. The number of aryl methyl sites for hydroxylation is 1. The molecule has 0 saturated heterocycles. The average Bonchev–Trinajstić information content (AvgIpc) is 2.63. The number of rotatable bonds is 4. The quantitative estimate of drug-likeness (QED) is 0.706. The Morgan fingerprint density at radius 1 is 1.08 bits per heavy atom. The number of hydrazone groups is 1. The van der Waals surface area contributed by atoms with Crippen LogP contribution in [0, 0.1) is 6.92 Å². The summed E-state index contributed by atoms with van der Waals surface area (Å²) in [6.07, 6.45) is 7.57. The SMILES string of the molecule is Cc1ccc(S(=O)(=O)N/N=C2\CCC=C\C2=C/c2ccc(Br)cc2)cc1. The second-order valence-electron chi connectivity index (χ2n) is 6.06. The van der Waals surface area contributed by atoms with Crippen molar-refractivity contribution in [3.8, 4) is 0 Å². The summed E-state index contributed by atoms with van der Waals surface area (Å²) in [5, 5.41) is 4.20. The minimum absolute atomic E-state index is 0.206. The van der Waals surface area contributed by atoms with E-state index in [0.29, 0.717) is 6.42 Å². The second-order valence-corrected chi connectivity index (χ2v) is 8.64. The summed E-state index contributed by atoms with van der Waals surface area (Å²) in [6, 6.07) is 14.6. The molecule has 0 fully saturated rings. The highest BCUT2D eigenvalue weighted by molar-refractivity contribution is 9.10. The van der Waals surface area contributed by atoms with E-state index in [9.17, 15) is 8.42 Å². The zero-order valence-electron chi connectivity index (χ0n) is 14.3. The fourth-order valence-electron chi connectivity index (χ4n) is 2.55. The number of benzene rings is 2. The van der Waals surface area contributed by atoms with E-state index < -0.39 is 10.0 Å². The molecular formula is C20H19BrN2O2S. The van der Waals surface area contributed by atoms with Gasteiger partial charge in [0, 0.05) is 4.47 Å². The fraction of sp³-hybridized carbons (Fsp3) is 0.150. The van der Waals surface area contributed by atoms with Gasteiger partial charge >= 0.3 is 0 Å². The summed E-state index contributed by atoms with van der Waals surface area (Å²) in [4.78, 5) is 2.57. The third-order valence-electron chi connectivity index (χ3n) is 4.00. The molecule has 1 aliphatic carbocycles. The van der Waals surface area contributed by atoms with Crippen molar-refractivity contribution in [2.24, 2.45) is 5.10 Å². The first kappa shape index (κ1) is 18.6. The predicted molar refractivity (Wildman–Crippen MR) is 109 cm³/mol. The van der Waals surface area contributed by atoms with Crippen LogP contribution in [-0.4, -0.2) is 14.1 Å².